The maximum atomic E-state index is 12.9. The van der Waals surface area contributed by atoms with Crippen molar-refractivity contribution in [3.8, 4) is 11.8 Å². The van der Waals surface area contributed by atoms with Crippen LogP contribution < -0.4 is 0 Å². The third kappa shape index (κ3) is 2.04. The van der Waals surface area contributed by atoms with Crippen LogP contribution >= 0.6 is 0 Å². The highest BCUT2D eigenvalue weighted by molar-refractivity contribution is 5.89. The molecule has 2 saturated heterocycles. The van der Waals surface area contributed by atoms with Crippen molar-refractivity contribution in [2.45, 2.75) is 18.9 Å². The fraction of sp³-hybridized carbons (Fsp3) is 0.400. The average Bonchev–Trinajstić information content (AvgIpc) is 2.92. The van der Waals surface area contributed by atoms with Gasteiger partial charge in [-0.25, -0.2) is 4.39 Å². The van der Waals surface area contributed by atoms with Crippen LogP contribution in [0.4, 0.5) is 4.39 Å². The average molecular weight is 243 g/mol. The Morgan fingerprint density at radius 1 is 1.44 bits per heavy atom. The topological polar surface area (TPSA) is 20.3 Å². The predicted octanol–water partition coefficient (Wildman–Crippen LogP) is 1.84. The molecule has 0 radical (unpaired) electrons. The minimum Gasteiger partial charge on any atom is -0.298 e. The van der Waals surface area contributed by atoms with E-state index in [9.17, 15) is 9.18 Å². The number of hydrogen-bond acceptors (Lipinski definition) is 2. The Kier molecular flexibility index (Phi) is 2.89. The number of carbonyl (C=O) groups is 1. The van der Waals surface area contributed by atoms with Gasteiger partial charge in [0.1, 0.15) is 5.82 Å². The molecule has 2 heterocycles. The van der Waals surface area contributed by atoms with Crippen LogP contribution in [-0.4, -0.2) is 29.8 Å². The van der Waals surface area contributed by atoms with Crippen LogP contribution in [0.3, 0.4) is 0 Å². The van der Waals surface area contributed by atoms with E-state index in [1.807, 2.05) is 0 Å². The lowest BCUT2D eigenvalue weighted by atomic mass is 9.97. The van der Waals surface area contributed by atoms with Gasteiger partial charge in [0.05, 0.1) is 6.04 Å². The molecule has 3 rings (SSSR count). The molecule has 3 heteroatoms. The van der Waals surface area contributed by atoms with Crippen LogP contribution in [0.1, 0.15) is 18.4 Å². The van der Waals surface area contributed by atoms with Crippen molar-refractivity contribution >= 4 is 5.78 Å². The van der Waals surface area contributed by atoms with Crippen LogP contribution in [0.25, 0.3) is 0 Å². The van der Waals surface area contributed by atoms with Gasteiger partial charge in [0.25, 0.3) is 0 Å². The molecular formula is C15H14FNO. The van der Waals surface area contributed by atoms with Crippen molar-refractivity contribution in [1.29, 1.82) is 0 Å². The second-order valence-electron chi connectivity index (χ2n) is 4.91. The summed E-state index contributed by atoms with van der Waals surface area (Å²) in [6.07, 6.45) is 1.57. The van der Waals surface area contributed by atoms with Crippen molar-refractivity contribution in [3.05, 3.63) is 35.6 Å². The molecule has 0 N–H and O–H groups in total. The Bertz CT molecular complexity index is 543. The van der Waals surface area contributed by atoms with E-state index < -0.39 is 0 Å². The largest absolute Gasteiger partial charge is 0.298 e. The van der Waals surface area contributed by atoms with Gasteiger partial charge in [0.2, 0.25) is 0 Å². The zero-order valence-corrected chi connectivity index (χ0v) is 10.0. The molecule has 1 aromatic rings. The maximum absolute atomic E-state index is 12.9. The predicted molar refractivity (Wildman–Crippen MR) is 66.4 cm³/mol. The first-order valence-electron chi connectivity index (χ1n) is 6.26. The first-order chi connectivity index (χ1) is 8.74. The molecule has 0 spiro atoms. The van der Waals surface area contributed by atoms with E-state index in [1.54, 1.807) is 12.1 Å². The van der Waals surface area contributed by atoms with Gasteiger partial charge in [-0.15, -0.1) is 0 Å². The minimum absolute atomic E-state index is 0.0233. The monoisotopic (exact) mass is 243 g/mol. The van der Waals surface area contributed by atoms with Gasteiger partial charge in [0, 0.05) is 24.4 Å². The summed E-state index contributed by atoms with van der Waals surface area (Å²) in [7, 11) is 0. The molecule has 2 nitrogen and oxygen atoms in total. The molecule has 1 aromatic carbocycles. The van der Waals surface area contributed by atoms with Gasteiger partial charge < -0.3 is 0 Å². The van der Waals surface area contributed by atoms with E-state index in [1.165, 1.54) is 12.1 Å². The van der Waals surface area contributed by atoms with E-state index in [-0.39, 0.29) is 17.8 Å². The number of ketones is 1. The van der Waals surface area contributed by atoms with Crippen molar-refractivity contribution in [2.75, 3.05) is 13.1 Å². The fourth-order valence-corrected chi connectivity index (χ4v) is 2.80. The third-order valence-corrected chi connectivity index (χ3v) is 3.74. The number of rotatable bonds is 1. The molecule has 3 atom stereocenters. The lowest BCUT2D eigenvalue weighted by molar-refractivity contribution is -0.124. The van der Waals surface area contributed by atoms with Gasteiger partial charge in [-0.05, 0) is 31.2 Å². The summed E-state index contributed by atoms with van der Waals surface area (Å²) in [5.41, 5.74) is 0.667. The summed E-state index contributed by atoms with van der Waals surface area (Å²) in [5, 5.41) is 0. The van der Waals surface area contributed by atoms with Crippen LogP contribution in [0.5, 0.6) is 0 Å². The normalized spacial score (nSPS) is 29.2. The molecular weight excluding hydrogens is 229 g/mol. The van der Waals surface area contributed by atoms with Gasteiger partial charge in [-0.3, -0.25) is 9.69 Å². The quantitative estimate of drug-likeness (QED) is 0.701. The fourth-order valence-electron chi connectivity index (χ4n) is 2.80. The summed E-state index contributed by atoms with van der Waals surface area (Å²) >= 11 is 0. The van der Waals surface area contributed by atoms with E-state index in [0.717, 1.165) is 19.5 Å². The molecule has 2 fully saturated rings. The Balaban J connectivity index is 1.67. The smallest absolute Gasteiger partial charge is 0.155 e. The summed E-state index contributed by atoms with van der Waals surface area (Å²) in [6, 6.07) is 6.21. The molecule has 2 aliphatic rings. The second kappa shape index (κ2) is 4.55. The van der Waals surface area contributed by atoms with Crippen molar-refractivity contribution in [1.82, 2.24) is 4.90 Å². The lowest BCUT2D eigenvalue weighted by Gasteiger charge is -2.21. The molecule has 0 aromatic heterocycles. The molecule has 0 saturated carbocycles. The highest BCUT2D eigenvalue weighted by Crippen LogP contribution is 2.30. The number of carbonyl (C=O) groups excluding carboxylic acids is 1. The number of halogens is 1. The van der Waals surface area contributed by atoms with Crippen molar-refractivity contribution in [2.24, 2.45) is 5.92 Å². The minimum atomic E-state index is -0.276. The summed E-state index contributed by atoms with van der Waals surface area (Å²) in [5.74, 6) is 6.24. The van der Waals surface area contributed by atoms with Gasteiger partial charge in [0.15, 0.2) is 5.78 Å². The molecule has 0 aliphatic carbocycles. The van der Waals surface area contributed by atoms with Crippen LogP contribution in [0.2, 0.25) is 0 Å². The highest BCUT2D eigenvalue weighted by atomic mass is 19.1. The number of benzene rings is 1. The molecule has 2 bridgehead atoms. The van der Waals surface area contributed by atoms with E-state index in [0.29, 0.717) is 17.8 Å². The van der Waals surface area contributed by atoms with Crippen LogP contribution in [0.15, 0.2) is 24.3 Å². The van der Waals surface area contributed by atoms with Crippen molar-refractivity contribution in [3.63, 3.8) is 0 Å². The van der Waals surface area contributed by atoms with Crippen LogP contribution in [-0.2, 0) is 4.79 Å². The second-order valence-corrected chi connectivity index (χ2v) is 4.91. The van der Waals surface area contributed by atoms with Gasteiger partial charge >= 0.3 is 0 Å². The molecule has 2 aliphatic heterocycles. The zero-order chi connectivity index (χ0) is 12.5. The number of Topliss-reactive ketones (excluding diaryl/α,β-unsaturated/α-hetero) is 1. The Morgan fingerprint density at radius 2 is 2.33 bits per heavy atom. The van der Waals surface area contributed by atoms with Gasteiger partial charge in [-0.2, -0.15) is 0 Å². The number of nitrogens with zero attached hydrogens (tertiary/aromatic N) is 1. The Morgan fingerprint density at radius 3 is 3.06 bits per heavy atom. The highest BCUT2D eigenvalue weighted by Gasteiger charge is 2.44. The maximum Gasteiger partial charge on any atom is 0.155 e. The first-order valence-corrected chi connectivity index (χ1v) is 6.26. The molecule has 3 unspecified atom stereocenters. The number of piperidine rings is 1. The summed E-state index contributed by atoms with van der Waals surface area (Å²) in [4.78, 5) is 14.1. The molecule has 92 valence electrons. The number of fused-ring (bicyclic) bond motifs is 2. The first kappa shape index (κ1) is 11.4. The third-order valence-electron chi connectivity index (χ3n) is 3.74. The lowest BCUT2D eigenvalue weighted by Crippen LogP contribution is -2.35. The van der Waals surface area contributed by atoms with E-state index in [4.69, 9.17) is 0 Å². The summed E-state index contributed by atoms with van der Waals surface area (Å²) in [6.45, 7) is 1.92. The van der Waals surface area contributed by atoms with Gasteiger partial charge in [-0.1, -0.05) is 17.9 Å². The van der Waals surface area contributed by atoms with Crippen LogP contribution in [0, 0.1) is 23.6 Å². The van der Waals surface area contributed by atoms with E-state index in [2.05, 4.69) is 16.7 Å². The Hall–Kier alpha value is -1.66. The summed E-state index contributed by atoms with van der Waals surface area (Å²) < 4.78 is 12.9. The SMILES string of the molecule is O=C1C2CCN(C2)C1CC#Cc1cccc(F)c1. The zero-order valence-electron chi connectivity index (χ0n) is 10.0. The molecule has 0 amide bonds. The Labute approximate surface area is 106 Å². The number of hydrogen-bond donors (Lipinski definition) is 0. The standard InChI is InChI=1S/C15H14FNO/c16-13-5-1-3-11(9-13)4-2-6-14-15(18)12-7-8-17(14)10-12/h1,3,5,9,12,14H,6-8,10H2. The molecule has 18 heavy (non-hydrogen) atoms. The van der Waals surface area contributed by atoms with Crippen molar-refractivity contribution < 1.29 is 9.18 Å². The van der Waals surface area contributed by atoms with E-state index >= 15 is 0 Å².